The van der Waals surface area contributed by atoms with E-state index in [0.717, 1.165) is 24.5 Å². The first-order valence-electron chi connectivity index (χ1n) is 11.8. The standard InChI is InChI=1S/C28H26N2O.H3O4P/c1-3-30-26-10-6-8-21-7-5-9-25(27(21)26)28(30)22-13-15-23(16-14-22)29-19-20-11-17-24(18-12-20)31-4-2;1-5(2,3)4/h5-18H,3-4,19H2,1-2H3;(H3,1,2,3,4). The van der Waals surface area contributed by atoms with Gasteiger partial charge in [-0.05, 0) is 67.3 Å². The summed E-state index contributed by atoms with van der Waals surface area (Å²) in [6.07, 6.45) is 0. The summed E-state index contributed by atoms with van der Waals surface area (Å²) < 4.78 is 16.7. The van der Waals surface area contributed by atoms with Crippen LogP contribution in [-0.4, -0.2) is 33.2 Å². The second kappa shape index (κ2) is 11.1. The van der Waals surface area contributed by atoms with Crippen LogP contribution in [0.5, 0.6) is 5.75 Å². The fourth-order valence-electron chi connectivity index (χ4n) is 4.47. The molecule has 3 N–H and O–H groups in total. The third-order valence-corrected chi connectivity index (χ3v) is 5.90. The Hall–Kier alpha value is -3.48. The van der Waals surface area contributed by atoms with Gasteiger partial charge in [-0.2, -0.15) is 4.58 Å². The summed E-state index contributed by atoms with van der Waals surface area (Å²) >= 11 is 0. The molecule has 0 aliphatic carbocycles. The van der Waals surface area contributed by atoms with Gasteiger partial charge in [0.2, 0.25) is 11.4 Å². The minimum atomic E-state index is -4.89. The van der Waals surface area contributed by atoms with E-state index in [4.69, 9.17) is 24.0 Å². The molecule has 0 bridgehead atoms. The van der Waals surface area contributed by atoms with Crippen molar-refractivity contribution < 1.29 is 28.6 Å². The average molecular weight is 505 g/mol. The van der Waals surface area contributed by atoms with Crippen molar-refractivity contribution in [1.29, 1.82) is 0 Å². The lowest BCUT2D eigenvalue weighted by atomic mass is 9.98. The van der Waals surface area contributed by atoms with Gasteiger partial charge >= 0.3 is 0 Å². The van der Waals surface area contributed by atoms with Gasteiger partial charge in [-0.15, -0.1) is 0 Å². The monoisotopic (exact) mass is 504 g/mol. The first kappa shape index (κ1) is 25.6. The number of hydrogen-bond acceptors (Lipinski definition) is 4. The maximum atomic E-state index is 8.77. The zero-order valence-corrected chi connectivity index (χ0v) is 21.1. The molecule has 0 atom stereocenters. The lowest BCUT2D eigenvalue weighted by molar-refractivity contribution is -0.431. The molecule has 8 heteroatoms. The molecule has 0 saturated heterocycles. The fraction of sp³-hybridized carbons (Fsp3) is 0.179. The van der Waals surface area contributed by atoms with Crippen molar-refractivity contribution in [3.05, 3.63) is 102 Å². The van der Waals surface area contributed by atoms with Crippen LogP contribution < -0.4 is 14.9 Å². The first-order chi connectivity index (χ1) is 17.3. The zero-order valence-electron chi connectivity index (χ0n) is 20.2. The Morgan fingerprint density at radius 3 is 2.17 bits per heavy atom. The molecule has 7 nitrogen and oxygen atoms in total. The van der Waals surface area contributed by atoms with Crippen molar-refractivity contribution in [2.75, 3.05) is 18.5 Å². The Labute approximate surface area is 210 Å². The topological polar surface area (TPSA) is 105 Å². The highest BCUT2D eigenvalue weighted by Gasteiger charge is 2.31. The minimum Gasteiger partial charge on any atom is -0.756 e. The maximum absolute atomic E-state index is 8.77. The first-order valence-corrected chi connectivity index (χ1v) is 13.3. The van der Waals surface area contributed by atoms with Crippen LogP contribution >= 0.6 is 7.82 Å². The molecule has 4 aromatic rings. The van der Waals surface area contributed by atoms with E-state index in [1.165, 1.54) is 38.9 Å². The molecule has 0 unspecified atom stereocenters. The van der Waals surface area contributed by atoms with E-state index >= 15 is 0 Å². The van der Waals surface area contributed by atoms with E-state index in [9.17, 15) is 0 Å². The molecule has 0 fully saturated rings. The van der Waals surface area contributed by atoms with Gasteiger partial charge in [0.05, 0.1) is 17.6 Å². The highest BCUT2D eigenvalue weighted by atomic mass is 31.2. The number of benzene rings is 4. The SMILES string of the molecule is CCOc1ccc(CNc2ccc(C3=[N+](CC)c4cccc5cccc3c45)cc2)cc1.O=P([O-])(O)O. The number of nitrogens with zero attached hydrogens (tertiary/aromatic N) is 1. The van der Waals surface area contributed by atoms with Crippen LogP contribution in [0, 0.1) is 0 Å². The summed E-state index contributed by atoms with van der Waals surface area (Å²) in [6.45, 7) is 6.65. The van der Waals surface area contributed by atoms with E-state index in [1.54, 1.807) is 0 Å². The van der Waals surface area contributed by atoms with Gasteiger partial charge in [0, 0.05) is 23.9 Å². The van der Waals surface area contributed by atoms with Gasteiger partial charge in [0.15, 0.2) is 0 Å². The zero-order chi connectivity index (χ0) is 25.7. The predicted molar refractivity (Wildman–Crippen MR) is 141 cm³/mol. The van der Waals surface area contributed by atoms with Crippen LogP contribution in [0.1, 0.15) is 30.5 Å². The molecule has 4 aromatic carbocycles. The van der Waals surface area contributed by atoms with Crippen LogP contribution in [0.2, 0.25) is 0 Å². The summed E-state index contributed by atoms with van der Waals surface area (Å²) in [5.41, 5.74) is 7.53. The van der Waals surface area contributed by atoms with Crippen molar-refractivity contribution in [2.24, 2.45) is 0 Å². The van der Waals surface area contributed by atoms with Crippen molar-refractivity contribution >= 4 is 35.7 Å². The summed E-state index contributed by atoms with van der Waals surface area (Å²) in [7, 11) is -4.89. The van der Waals surface area contributed by atoms with Gasteiger partial charge < -0.3 is 24.7 Å². The van der Waals surface area contributed by atoms with Crippen molar-refractivity contribution in [3.63, 3.8) is 0 Å². The Bertz CT molecular complexity index is 1410. The molecular formula is C28H29N2O5P. The molecule has 0 amide bonds. The Kier molecular flexibility index (Phi) is 7.87. The summed E-state index contributed by atoms with van der Waals surface area (Å²) in [6, 6.07) is 30.3. The molecule has 1 aliphatic heterocycles. The third kappa shape index (κ3) is 6.01. The summed E-state index contributed by atoms with van der Waals surface area (Å²) in [4.78, 5) is 22.9. The van der Waals surface area contributed by atoms with Crippen molar-refractivity contribution in [2.45, 2.75) is 20.4 Å². The number of ether oxygens (including phenoxy) is 1. The van der Waals surface area contributed by atoms with Crippen LogP contribution in [0.25, 0.3) is 10.8 Å². The number of anilines is 1. The second-order valence-corrected chi connectivity index (χ2v) is 9.25. The Morgan fingerprint density at radius 2 is 1.56 bits per heavy atom. The lowest BCUT2D eigenvalue weighted by Crippen LogP contribution is -2.15. The number of hydrogen-bond donors (Lipinski definition) is 3. The normalized spacial score (nSPS) is 12.4. The van der Waals surface area contributed by atoms with Gasteiger partial charge in [-0.25, -0.2) is 0 Å². The van der Waals surface area contributed by atoms with Gasteiger partial charge in [-0.1, -0.05) is 36.4 Å². The minimum absolute atomic E-state index is 0.692. The molecule has 36 heavy (non-hydrogen) atoms. The quantitative estimate of drug-likeness (QED) is 0.247. The van der Waals surface area contributed by atoms with Crippen LogP contribution in [0.4, 0.5) is 11.4 Å². The molecule has 5 rings (SSSR count). The van der Waals surface area contributed by atoms with E-state index in [0.29, 0.717) is 6.61 Å². The Balaban J connectivity index is 0.000000556. The Morgan fingerprint density at radius 1 is 0.917 bits per heavy atom. The molecule has 1 aliphatic rings. The third-order valence-electron chi connectivity index (χ3n) is 5.90. The maximum Gasteiger partial charge on any atom is 0.262 e. The number of nitrogens with one attached hydrogen (secondary N) is 1. The number of rotatable bonds is 7. The van der Waals surface area contributed by atoms with Crippen LogP contribution in [0.3, 0.4) is 0 Å². The van der Waals surface area contributed by atoms with Gasteiger partial charge in [-0.3, -0.25) is 4.57 Å². The molecule has 1 heterocycles. The second-order valence-electron chi connectivity index (χ2n) is 8.27. The summed E-state index contributed by atoms with van der Waals surface area (Å²) in [5, 5.41) is 6.19. The highest BCUT2D eigenvalue weighted by molar-refractivity contribution is 7.43. The highest BCUT2D eigenvalue weighted by Crippen LogP contribution is 2.36. The van der Waals surface area contributed by atoms with E-state index < -0.39 is 7.82 Å². The molecule has 186 valence electrons. The largest absolute Gasteiger partial charge is 0.756 e. The summed E-state index contributed by atoms with van der Waals surface area (Å²) in [5.74, 6) is 0.917. The van der Waals surface area contributed by atoms with E-state index in [-0.39, 0.29) is 0 Å². The molecule has 0 spiro atoms. The van der Waals surface area contributed by atoms with Crippen LogP contribution in [0.15, 0.2) is 84.9 Å². The average Bonchev–Trinajstić information content (AvgIpc) is 3.18. The van der Waals surface area contributed by atoms with E-state index in [2.05, 4.69) is 89.6 Å². The molecule has 0 aromatic heterocycles. The van der Waals surface area contributed by atoms with Crippen molar-refractivity contribution in [1.82, 2.24) is 0 Å². The molecular weight excluding hydrogens is 475 g/mol. The lowest BCUT2D eigenvalue weighted by Gasteiger charge is -2.09. The van der Waals surface area contributed by atoms with Gasteiger partial charge in [0.25, 0.3) is 7.82 Å². The molecule has 0 saturated carbocycles. The van der Waals surface area contributed by atoms with Crippen LogP contribution in [-0.2, 0) is 11.1 Å². The predicted octanol–water partition coefficient (Wildman–Crippen LogP) is 4.80. The van der Waals surface area contributed by atoms with Gasteiger partial charge in [0.1, 0.15) is 12.3 Å². The smallest absolute Gasteiger partial charge is 0.262 e. The number of phosphoric acid groups is 1. The fourth-order valence-corrected chi connectivity index (χ4v) is 4.47. The molecule has 0 radical (unpaired) electrons. The van der Waals surface area contributed by atoms with Crippen molar-refractivity contribution in [3.8, 4) is 5.75 Å². The van der Waals surface area contributed by atoms with E-state index in [1.807, 2.05) is 19.1 Å².